The Bertz CT molecular complexity index is 657. The van der Waals surface area contributed by atoms with Gasteiger partial charge in [0.25, 0.3) is 5.91 Å². The van der Waals surface area contributed by atoms with Crippen LogP contribution in [-0.2, 0) is 4.79 Å². The van der Waals surface area contributed by atoms with Crippen LogP contribution in [0.3, 0.4) is 0 Å². The number of rotatable bonds is 6. The first-order chi connectivity index (χ1) is 11.0. The van der Waals surface area contributed by atoms with Crippen molar-refractivity contribution in [2.75, 3.05) is 0 Å². The van der Waals surface area contributed by atoms with E-state index in [1.165, 1.54) is 0 Å². The minimum absolute atomic E-state index is 0.371. The van der Waals surface area contributed by atoms with Crippen LogP contribution in [0.5, 0.6) is 0 Å². The lowest BCUT2D eigenvalue weighted by molar-refractivity contribution is -0.147. The molecule has 5 heteroatoms. The molecule has 23 heavy (non-hydrogen) atoms. The molecule has 0 aliphatic heterocycles. The van der Waals surface area contributed by atoms with E-state index < -0.39 is 24.0 Å². The van der Waals surface area contributed by atoms with Crippen molar-refractivity contribution in [1.29, 1.82) is 0 Å². The largest absolute Gasteiger partial charge is 0.481 e. The number of aliphatic hydroxyl groups excluding tert-OH is 1. The molecule has 0 bridgehead atoms. The lowest BCUT2D eigenvalue weighted by Crippen LogP contribution is -2.44. The summed E-state index contributed by atoms with van der Waals surface area (Å²) in [5, 5.41) is 22.5. The number of carboxylic acid groups (broad SMARTS) is 1. The average molecular weight is 313 g/mol. The van der Waals surface area contributed by atoms with Crippen molar-refractivity contribution in [3.05, 3.63) is 71.8 Å². The van der Waals surface area contributed by atoms with Gasteiger partial charge in [-0.05, 0) is 24.6 Å². The van der Waals surface area contributed by atoms with Crippen molar-refractivity contribution >= 4 is 11.9 Å². The van der Waals surface area contributed by atoms with Crippen LogP contribution in [0, 0.1) is 5.92 Å². The molecular weight excluding hydrogens is 294 g/mol. The summed E-state index contributed by atoms with van der Waals surface area (Å²) in [6.07, 6.45) is -1.21. The SMILES string of the molecule is CC(NC(=O)c1ccccc1)C(C(=O)O)C(O)c1ccccc1. The van der Waals surface area contributed by atoms with Crippen molar-refractivity contribution in [3.8, 4) is 0 Å². The van der Waals surface area contributed by atoms with E-state index in [0.717, 1.165) is 0 Å². The van der Waals surface area contributed by atoms with Gasteiger partial charge in [0.05, 0.1) is 6.10 Å². The molecular formula is C18H19NO4. The minimum atomic E-state index is -1.21. The molecule has 1 amide bonds. The first kappa shape index (κ1) is 16.7. The van der Waals surface area contributed by atoms with E-state index in [9.17, 15) is 19.8 Å². The Kier molecular flexibility index (Phi) is 5.49. The fraction of sp³-hybridized carbons (Fsp3) is 0.222. The van der Waals surface area contributed by atoms with Gasteiger partial charge in [0, 0.05) is 11.6 Å². The zero-order valence-corrected chi connectivity index (χ0v) is 12.7. The number of aliphatic hydroxyl groups is 1. The minimum Gasteiger partial charge on any atom is -0.481 e. The van der Waals surface area contributed by atoms with E-state index in [0.29, 0.717) is 11.1 Å². The summed E-state index contributed by atoms with van der Waals surface area (Å²) in [5.74, 6) is -2.68. The number of carbonyl (C=O) groups is 2. The van der Waals surface area contributed by atoms with Crippen molar-refractivity contribution in [1.82, 2.24) is 5.32 Å². The maximum absolute atomic E-state index is 12.2. The summed E-state index contributed by atoms with van der Waals surface area (Å²) in [5.41, 5.74) is 0.943. The summed E-state index contributed by atoms with van der Waals surface area (Å²) in [6.45, 7) is 1.58. The van der Waals surface area contributed by atoms with E-state index in [-0.39, 0.29) is 5.91 Å². The monoisotopic (exact) mass is 313 g/mol. The number of amides is 1. The fourth-order valence-electron chi connectivity index (χ4n) is 2.45. The Hall–Kier alpha value is -2.66. The van der Waals surface area contributed by atoms with Gasteiger partial charge >= 0.3 is 5.97 Å². The van der Waals surface area contributed by atoms with Gasteiger partial charge in [0.1, 0.15) is 5.92 Å². The maximum Gasteiger partial charge on any atom is 0.311 e. The molecule has 3 unspecified atom stereocenters. The smallest absolute Gasteiger partial charge is 0.311 e. The summed E-state index contributed by atoms with van der Waals surface area (Å²) in [6, 6.07) is 16.4. The van der Waals surface area contributed by atoms with Gasteiger partial charge in [-0.1, -0.05) is 48.5 Å². The molecule has 0 aromatic heterocycles. The topological polar surface area (TPSA) is 86.6 Å². The Morgan fingerprint density at radius 2 is 1.48 bits per heavy atom. The van der Waals surface area contributed by atoms with Crippen LogP contribution in [0.4, 0.5) is 0 Å². The molecule has 5 nitrogen and oxygen atoms in total. The number of aliphatic carboxylic acids is 1. The normalized spacial score (nSPS) is 14.5. The second-order valence-electron chi connectivity index (χ2n) is 5.35. The number of carboxylic acids is 1. The third kappa shape index (κ3) is 4.17. The lowest BCUT2D eigenvalue weighted by atomic mass is 9.90. The molecule has 0 saturated carbocycles. The lowest BCUT2D eigenvalue weighted by Gasteiger charge is -2.26. The second kappa shape index (κ2) is 7.56. The van der Waals surface area contributed by atoms with Gasteiger partial charge in [0.2, 0.25) is 0 Å². The highest BCUT2D eigenvalue weighted by Gasteiger charge is 2.34. The fourth-order valence-corrected chi connectivity index (χ4v) is 2.45. The zero-order chi connectivity index (χ0) is 16.8. The van der Waals surface area contributed by atoms with Crippen molar-refractivity contribution in [2.24, 2.45) is 5.92 Å². The Morgan fingerprint density at radius 1 is 0.957 bits per heavy atom. The molecule has 0 fully saturated rings. The predicted molar refractivity (Wildman–Crippen MR) is 85.9 cm³/mol. The predicted octanol–water partition coefficient (Wildman–Crippen LogP) is 2.24. The Morgan fingerprint density at radius 3 is 2.00 bits per heavy atom. The summed E-state index contributed by atoms with van der Waals surface area (Å²) < 4.78 is 0. The van der Waals surface area contributed by atoms with Crippen LogP contribution in [0.2, 0.25) is 0 Å². The van der Waals surface area contributed by atoms with Gasteiger partial charge in [-0.2, -0.15) is 0 Å². The number of carbonyl (C=O) groups excluding carboxylic acids is 1. The molecule has 2 rings (SSSR count). The van der Waals surface area contributed by atoms with Crippen LogP contribution >= 0.6 is 0 Å². The highest BCUT2D eigenvalue weighted by molar-refractivity contribution is 5.94. The Labute approximate surface area is 134 Å². The molecule has 0 spiro atoms. The van der Waals surface area contributed by atoms with E-state index in [4.69, 9.17) is 0 Å². The molecule has 3 atom stereocenters. The molecule has 0 radical (unpaired) electrons. The molecule has 0 saturated heterocycles. The average Bonchev–Trinajstić information content (AvgIpc) is 2.56. The third-order valence-corrected chi connectivity index (χ3v) is 3.70. The molecule has 2 aromatic rings. The molecule has 2 aromatic carbocycles. The number of benzene rings is 2. The van der Waals surface area contributed by atoms with Crippen molar-refractivity contribution in [3.63, 3.8) is 0 Å². The van der Waals surface area contributed by atoms with Crippen LogP contribution in [0.1, 0.15) is 28.9 Å². The quantitative estimate of drug-likeness (QED) is 0.763. The van der Waals surface area contributed by atoms with E-state index >= 15 is 0 Å². The first-order valence-corrected chi connectivity index (χ1v) is 7.32. The van der Waals surface area contributed by atoms with Crippen LogP contribution in [-0.4, -0.2) is 28.1 Å². The third-order valence-electron chi connectivity index (χ3n) is 3.70. The van der Waals surface area contributed by atoms with Gasteiger partial charge in [-0.15, -0.1) is 0 Å². The van der Waals surface area contributed by atoms with Gasteiger partial charge in [0.15, 0.2) is 0 Å². The second-order valence-corrected chi connectivity index (χ2v) is 5.35. The highest BCUT2D eigenvalue weighted by Crippen LogP contribution is 2.25. The Balaban J connectivity index is 2.14. The number of hydrogen-bond donors (Lipinski definition) is 3. The van der Waals surface area contributed by atoms with Crippen molar-refractivity contribution in [2.45, 2.75) is 19.1 Å². The van der Waals surface area contributed by atoms with E-state index in [2.05, 4.69) is 5.32 Å². The number of nitrogens with one attached hydrogen (secondary N) is 1. The maximum atomic E-state index is 12.2. The number of hydrogen-bond acceptors (Lipinski definition) is 3. The van der Waals surface area contributed by atoms with Crippen LogP contribution in [0.25, 0.3) is 0 Å². The summed E-state index contributed by atoms with van der Waals surface area (Å²) in [7, 11) is 0. The van der Waals surface area contributed by atoms with Gasteiger partial charge < -0.3 is 15.5 Å². The summed E-state index contributed by atoms with van der Waals surface area (Å²) >= 11 is 0. The van der Waals surface area contributed by atoms with E-state index in [1.807, 2.05) is 0 Å². The molecule has 0 heterocycles. The molecule has 3 N–H and O–H groups in total. The van der Waals surface area contributed by atoms with Gasteiger partial charge in [-0.25, -0.2) is 0 Å². The standard InChI is InChI=1S/C18H19NO4/c1-12(19-17(21)14-10-6-3-7-11-14)15(18(22)23)16(20)13-8-4-2-5-9-13/h2-12,15-16,20H,1H3,(H,19,21)(H,22,23). The molecule has 0 aliphatic rings. The highest BCUT2D eigenvalue weighted by atomic mass is 16.4. The zero-order valence-electron chi connectivity index (χ0n) is 12.7. The van der Waals surface area contributed by atoms with Gasteiger partial charge in [-0.3, -0.25) is 9.59 Å². The van der Waals surface area contributed by atoms with Crippen molar-refractivity contribution < 1.29 is 19.8 Å². The van der Waals surface area contributed by atoms with Crippen LogP contribution < -0.4 is 5.32 Å². The molecule has 120 valence electrons. The molecule has 0 aliphatic carbocycles. The van der Waals surface area contributed by atoms with E-state index in [1.54, 1.807) is 67.6 Å². The first-order valence-electron chi connectivity index (χ1n) is 7.32. The summed E-state index contributed by atoms with van der Waals surface area (Å²) in [4.78, 5) is 23.7. The van der Waals surface area contributed by atoms with Crippen LogP contribution in [0.15, 0.2) is 60.7 Å².